The minimum Gasteiger partial charge on any atom is -0.356 e. The van der Waals surface area contributed by atoms with Crippen LogP contribution in [0.25, 0.3) is 16.7 Å². The Morgan fingerprint density at radius 1 is 1.00 bits per heavy atom. The number of nitrogens with zero attached hydrogens (tertiary/aromatic N) is 2. The number of hydrogen-bond donors (Lipinski definition) is 1. The number of aromatic nitrogens is 1. The van der Waals surface area contributed by atoms with Crippen molar-refractivity contribution in [1.29, 1.82) is 0 Å². The summed E-state index contributed by atoms with van der Waals surface area (Å²) in [5, 5.41) is 3.39. The van der Waals surface area contributed by atoms with Crippen LogP contribution in [0.3, 0.4) is 0 Å². The van der Waals surface area contributed by atoms with E-state index in [4.69, 9.17) is 0 Å². The van der Waals surface area contributed by atoms with Crippen molar-refractivity contribution in [2.45, 2.75) is 39.2 Å². The number of pyridine rings is 1. The number of nitrogens with one attached hydrogen (secondary N) is 1. The lowest BCUT2D eigenvalue weighted by Gasteiger charge is -2.17. The van der Waals surface area contributed by atoms with Gasteiger partial charge in [-0.3, -0.25) is 9.88 Å². The maximum atomic E-state index is 13.6. The van der Waals surface area contributed by atoms with E-state index in [1.807, 2.05) is 62.4 Å². The van der Waals surface area contributed by atoms with E-state index in [9.17, 15) is 8.78 Å². The highest BCUT2D eigenvalue weighted by molar-refractivity contribution is 5.81. The van der Waals surface area contributed by atoms with Gasteiger partial charge in [-0.1, -0.05) is 79.9 Å². The molecule has 1 fully saturated rings. The fourth-order valence-corrected chi connectivity index (χ4v) is 4.81. The molecule has 1 aliphatic heterocycles. The van der Waals surface area contributed by atoms with E-state index in [0.717, 1.165) is 51.1 Å². The van der Waals surface area contributed by atoms with Crippen LogP contribution in [0.2, 0.25) is 0 Å². The van der Waals surface area contributed by atoms with Crippen LogP contribution in [0.5, 0.6) is 0 Å². The zero-order valence-electron chi connectivity index (χ0n) is 23.4. The molecular formula is C35H37F2N3. The number of likely N-dealkylation sites (tertiary alicyclic amines) is 1. The van der Waals surface area contributed by atoms with Crippen LogP contribution in [-0.4, -0.2) is 28.9 Å². The number of alkyl halides is 2. The quantitative estimate of drug-likeness (QED) is 0.250. The number of allylic oxidation sites excluding steroid dienone is 5. The van der Waals surface area contributed by atoms with Crippen LogP contribution in [0.4, 0.5) is 8.78 Å². The SMILES string of the molecule is C=C(/C=C\C(=C/C)NC(=C)C(=C)c1cc(-c2cncc(CN3CCC(F)(F)C3)c2)ccc1C)Cc1ccccc1. The summed E-state index contributed by atoms with van der Waals surface area (Å²) < 4.78 is 27.3. The first-order chi connectivity index (χ1) is 19.1. The minimum atomic E-state index is -2.60. The van der Waals surface area contributed by atoms with Gasteiger partial charge in [0.1, 0.15) is 0 Å². The summed E-state index contributed by atoms with van der Waals surface area (Å²) >= 11 is 0. The molecule has 0 amide bonds. The van der Waals surface area contributed by atoms with Gasteiger partial charge in [-0.15, -0.1) is 0 Å². The van der Waals surface area contributed by atoms with E-state index in [1.54, 1.807) is 17.3 Å². The molecule has 3 aromatic rings. The highest BCUT2D eigenvalue weighted by Gasteiger charge is 2.37. The van der Waals surface area contributed by atoms with Gasteiger partial charge in [0, 0.05) is 48.9 Å². The second-order valence-electron chi connectivity index (χ2n) is 10.4. The molecule has 0 atom stereocenters. The van der Waals surface area contributed by atoms with Gasteiger partial charge in [0.05, 0.1) is 6.54 Å². The number of halogens is 2. The Hall–Kier alpha value is -4.09. The third kappa shape index (κ3) is 7.73. The van der Waals surface area contributed by atoms with E-state index in [-0.39, 0.29) is 13.0 Å². The zero-order chi connectivity index (χ0) is 28.7. The fraction of sp³-hybridized carbons (Fsp3) is 0.229. The Labute approximate surface area is 237 Å². The Morgan fingerprint density at radius 3 is 2.48 bits per heavy atom. The summed E-state index contributed by atoms with van der Waals surface area (Å²) in [5.41, 5.74) is 9.52. The van der Waals surface area contributed by atoms with Crippen LogP contribution in [0, 0.1) is 6.92 Å². The molecule has 0 unspecified atom stereocenters. The molecule has 2 aromatic carbocycles. The van der Waals surface area contributed by atoms with Crippen molar-refractivity contribution in [3.63, 3.8) is 0 Å². The standard InChI is InChI=1S/C35H37F2N3/c1-6-33(15-12-25(2)18-29-10-8-7-9-11-29)39-28(5)27(4)34-20-31(14-13-26(34)3)32-19-30(21-38-22-32)23-40-17-16-35(36,37)24-40/h6-15,19-22,39H,2,4-5,16-18,23-24H2,1,3H3/b15-12-,33-6+. The van der Waals surface area contributed by atoms with Crippen molar-refractivity contribution < 1.29 is 8.78 Å². The van der Waals surface area contributed by atoms with Gasteiger partial charge in [0.25, 0.3) is 5.92 Å². The second kappa shape index (κ2) is 12.8. The van der Waals surface area contributed by atoms with Gasteiger partial charge >= 0.3 is 0 Å². The third-order valence-electron chi connectivity index (χ3n) is 7.09. The predicted molar refractivity (Wildman–Crippen MR) is 163 cm³/mol. The molecule has 2 heterocycles. The summed E-state index contributed by atoms with van der Waals surface area (Å²) in [7, 11) is 0. The fourth-order valence-electron chi connectivity index (χ4n) is 4.81. The van der Waals surface area contributed by atoms with Gasteiger partial charge in [-0.25, -0.2) is 8.78 Å². The molecule has 3 nitrogen and oxygen atoms in total. The van der Waals surface area contributed by atoms with Crippen LogP contribution >= 0.6 is 0 Å². The van der Waals surface area contributed by atoms with Crippen molar-refractivity contribution in [3.8, 4) is 11.1 Å². The summed E-state index contributed by atoms with van der Waals surface area (Å²) in [6, 6.07) is 18.5. The molecule has 0 bridgehead atoms. The lowest BCUT2D eigenvalue weighted by Crippen LogP contribution is -2.24. The molecule has 40 heavy (non-hydrogen) atoms. The highest BCUT2D eigenvalue weighted by atomic mass is 19.3. The van der Waals surface area contributed by atoms with E-state index in [2.05, 4.69) is 54.3 Å². The Morgan fingerprint density at radius 2 is 1.77 bits per heavy atom. The molecule has 1 aromatic heterocycles. The molecule has 1 saturated heterocycles. The average molecular weight is 538 g/mol. The second-order valence-corrected chi connectivity index (χ2v) is 10.4. The van der Waals surface area contributed by atoms with Gasteiger partial charge in [0.2, 0.25) is 0 Å². The summed E-state index contributed by atoms with van der Waals surface area (Å²) in [4.78, 5) is 6.18. The average Bonchev–Trinajstić information content (AvgIpc) is 3.29. The highest BCUT2D eigenvalue weighted by Crippen LogP contribution is 2.31. The zero-order valence-corrected chi connectivity index (χ0v) is 23.4. The van der Waals surface area contributed by atoms with Crippen LogP contribution in [0.1, 0.15) is 35.6 Å². The van der Waals surface area contributed by atoms with Crippen LogP contribution in [-0.2, 0) is 13.0 Å². The smallest absolute Gasteiger partial charge is 0.261 e. The molecule has 0 aliphatic carbocycles. The third-order valence-corrected chi connectivity index (χ3v) is 7.09. The maximum Gasteiger partial charge on any atom is 0.261 e. The monoisotopic (exact) mass is 537 g/mol. The molecule has 206 valence electrons. The van der Waals surface area contributed by atoms with E-state index in [0.29, 0.717) is 18.8 Å². The topological polar surface area (TPSA) is 28.2 Å². The summed E-state index contributed by atoms with van der Waals surface area (Å²) in [5.74, 6) is -2.60. The minimum absolute atomic E-state index is 0.0887. The number of rotatable bonds is 11. The largest absolute Gasteiger partial charge is 0.356 e. The normalized spacial score (nSPS) is 15.3. The predicted octanol–water partition coefficient (Wildman–Crippen LogP) is 8.27. The molecule has 4 rings (SSSR count). The van der Waals surface area contributed by atoms with Crippen LogP contribution in [0.15, 0.2) is 122 Å². The van der Waals surface area contributed by atoms with Crippen molar-refractivity contribution >= 4 is 5.57 Å². The lowest BCUT2D eigenvalue weighted by atomic mass is 9.94. The van der Waals surface area contributed by atoms with Crippen molar-refractivity contribution in [2.75, 3.05) is 13.1 Å². The number of benzene rings is 2. The maximum absolute atomic E-state index is 13.6. The molecule has 1 N–H and O–H groups in total. The van der Waals surface area contributed by atoms with E-state index < -0.39 is 5.92 Å². The number of hydrogen-bond acceptors (Lipinski definition) is 3. The first kappa shape index (κ1) is 28.9. The number of aryl methyl sites for hydroxylation is 1. The van der Waals surface area contributed by atoms with Gasteiger partial charge in [0.15, 0.2) is 0 Å². The first-order valence-electron chi connectivity index (χ1n) is 13.5. The summed E-state index contributed by atoms with van der Waals surface area (Å²) in [6.45, 7) is 17.4. The molecule has 1 aliphatic rings. The van der Waals surface area contributed by atoms with Gasteiger partial charge in [-0.2, -0.15) is 0 Å². The summed E-state index contributed by atoms with van der Waals surface area (Å²) in [6.07, 6.45) is 10.3. The molecule has 5 heteroatoms. The van der Waals surface area contributed by atoms with Crippen LogP contribution < -0.4 is 5.32 Å². The Kier molecular flexibility index (Phi) is 9.28. The van der Waals surface area contributed by atoms with E-state index in [1.165, 1.54) is 5.56 Å². The van der Waals surface area contributed by atoms with E-state index >= 15 is 0 Å². The van der Waals surface area contributed by atoms with Gasteiger partial charge in [-0.05, 0) is 71.9 Å². The van der Waals surface area contributed by atoms with Crippen molar-refractivity contribution in [2.24, 2.45) is 0 Å². The molecule has 0 radical (unpaired) electrons. The lowest BCUT2D eigenvalue weighted by molar-refractivity contribution is 0.0115. The Bertz CT molecular complexity index is 1450. The molecule has 0 saturated carbocycles. The molecular weight excluding hydrogens is 500 g/mol. The Balaban J connectivity index is 1.43. The first-order valence-corrected chi connectivity index (χ1v) is 13.5. The van der Waals surface area contributed by atoms with Gasteiger partial charge < -0.3 is 5.32 Å². The van der Waals surface area contributed by atoms with Crippen molar-refractivity contribution in [1.82, 2.24) is 15.2 Å². The molecule has 0 spiro atoms. The van der Waals surface area contributed by atoms with Crippen molar-refractivity contribution in [3.05, 3.63) is 144 Å².